The molecule has 0 aliphatic heterocycles. The summed E-state index contributed by atoms with van der Waals surface area (Å²) in [5.41, 5.74) is 14.8. The van der Waals surface area contributed by atoms with E-state index < -0.39 is 20.0 Å². The van der Waals surface area contributed by atoms with Crippen LogP contribution in [0.4, 0.5) is 0 Å². The fraction of sp³-hybridized carbons (Fsp3) is 0.588. The van der Waals surface area contributed by atoms with Gasteiger partial charge >= 0.3 is 14.0 Å². The number of rotatable bonds is 11. The molecule has 1 aromatic rings. The van der Waals surface area contributed by atoms with Crippen LogP contribution in [0.15, 0.2) is 29.4 Å². The summed E-state index contributed by atoms with van der Waals surface area (Å²) in [6.07, 6.45) is 3.55. The minimum atomic E-state index is -2.14. The van der Waals surface area contributed by atoms with Crippen LogP contribution in [0.3, 0.4) is 0 Å². The Morgan fingerprint density at radius 1 is 1.38 bits per heavy atom. The number of benzene rings is 1. The van der Waals surface area contributed by atoms with Gasteiger partial charge in [-0.2, -0.15) is 0 Å². The predicted octanol–water partition coefficient (Wildman–Crippen LogP) is 5.18. The Balaban J connectivity index is 0.00000141. The molecule has 0 heterocycles. The average molecular weight is 383 g/mol. The molecule has 0 aliphatic rings. The summed E-state index contributed by atoms with van der Waals surface area (Å²) in [4.78, 5) is 13.3. The predicted molar refractivity (Wildman–Crippen MR) is 103 cm³/mol. The first-order valence-corrected chi connectivity index (χ1v) is 10.0. The fourth-order valence-electron chi connectivity index (χ4n) is 1.83. The maximum Gasteiger partial charge on any atom is 0.556 e. The van der Waals surface area contributed by atoms with Gasteiger partial charge in [0.05, 0.1) is 12.5 Å². The third-order valence-electron chi connectivity index (χ3n) is 3.36. The van der Waals surface area contributed by atoms with Crippen molar-refractivity contribution in [1.82, 2.24) is 0 Å². The Bertz CT molecular complexity index is 604. The number of hydrogen-bond acceptors (Lipinski definition) is 5. The minimum Gasteiger partial charge on any atom is -0.481 e. The van der Waals surface area contributed by atoms with Crippen molar-refractivity contribution in [3.8, 4) is 5.75 Å². The van der Waals surface area contributed by atoms with Crippen LogP contribution in [0.1, 0.15) is 57.6 Å². The highest BCUT2D eigenvalue weighted by molar-refractivity contribution is 7.39. The normalized spacial score (nSPS) is 11.4. The molecule has 0 amide bonds. The van der Waals surface area contributed by atoms with E-state index in [9.17, 15) is 9.36 Å². The zero-order valence-corrected chi connectivity index (χ0v) is 16.3. The molecule has 2 atom stereocenters. The van der Waals surface area contributed by atoms with Gasteiger partial charge in [-0.3, -0.25) is 9.32 Å². The molecule has 0 radical (unpaired) electrons. The van der Waals surface area contributed by atoms with Crippen LogP contribution < -0.4 is 10.3 Å². The molecular weight excluding hydrogens is 355 g/mol. The second-order valence-corrected chi connectivity index (χ2v) is 6.78. The number of carboxylic acid groups (broad SMARTS) is 1. The van der Waals surface area contributed by atoms with Gasteiger partial charge < -0.3 is 10.8 Å². The van der Waals surface area contributed by atoms with Crippen molar-refractivity contribution in [3.63, 3.8) is 0 Å². The van der Waals surface area contributed by atoms with Gasteiger partial charge in [-0.15, -0.1) is 0 Å². The largest absolute Gasteiger partial charge is 0.556 e. The number of azide groups is 1. The Labute approximate surface area is 155 Å². The smallest absolute Gasteiger partial charge is 0.481 e. The molecule has 9 heteroatoms. The van der Waals surface area contributed by atoms with E-state index in [-0.39, 0.29) is 12.6 Å². The standard InChI is InChI=1S/C13H17N4O4P.C4H10/c14-8-3-5-11(16-17-15)10-4-1-2-6-12(10)21-22(20)9-7-13(18)19;1-3-4-2/h1-2,4,6,11H,3,5,7-9,14H2;3-4H2,1-2H3/p+1. The molecule has 0 bridgehead atoms. The maximum absolute atomic E-state index is 11.8. The summed E-state index contributed by atoms with van der Waals surface area (Å²) in [6, 6.07) is 6.34. The summed E-state index contributed by atoms with van der Waals surface area (Å²) < 4.78 is 17.1. The first kappa shape index (κ1) is 23.9. The summed E-state index contributed by atoms with van der Waals surface area (Å²) in [5, 5.41) is 12.3. The van der Waals surface area contributed by atoms with Crippen LogP contribution in [-0.4, -0.2) is 23.8 Å². The molecule has 0 spiro atoms. The first-order valence-electron chi connectivity index (χ1n) is 8.67. The second kappa shape index (κ2) is 15.1. The SMILES string of the molecule is CCCC.[N-]=[N+]=NC(CCCN)c1ccccc1O[P+](=O)CCC(=O)O. The zero-order chi connectivity index (χ0) is 19.8. The van der Waals surface area contributed by atoms with Gasteiger partial charge in [0.25, 0.3) is 0 Å². The number of unbranched alkanes of at least 4 members (excludes halogenated alkanes) is 1. The highest BCUT2D eigenvalue weighted by Gasteiger charge is 2.24. The molecule has 0 saturated carbocycles. The number of hydrogen-bond donors (Lipinski definition) is 2. The second-order valence-electron chi connectivity index (χ2n) is 5.48. The topological polar surface area (TPSA) is 138 Å². The number of nitrogens with zero attached hydrogens (tertiary/aromatic N) is 3. The van der Waals surface area contributed by atoms with E-state index in [1.807, 2.05) is 0 Å². The first-order chi connectivity index (χ1) is 12.5. The number of carbonyl (C=O) groups is 1. The molecule has 2 unspecified atom stereocenters. The highest BCUT2D eigenvalue weighted by Crippen LogP contribution is 2.36. The summed E-state index contributed by atoms with van der Waals surface area (Å²) in [7, 11) is -2.14. The molecule has 144 valence electrons. The summed E-state index contributed by atoms with van der Waals surface area (Å²) in [5.74, 6) is -0.696. The van der Waals surface area contributed by atoms with Crippen LogP contribution in [0.2, 0.25) is 0 Å². The van der Waals surface area contributed by atoms with Crippen molar-refractivity contribution in [1.29, 1.82) is 0 Å². The number of para-hydroxylation sites is 1. The van der Waals surface area contributed by atoms with Crippen LogP contribution in [0.5, 0.6) is 5.75 Å². The van der Waals surface area contributed by atoms with Crippen molar-refractivity contribution in [2.45, 2.75) is 52.0 Å². The van der Waals surface area contributed by atoms with E-state index >= 15 is 0 Å². The average Bonchev–Trinajstić information content (AvgIpc) is 2.64. The minimum absolute atomic E-state index is 0.0754. The van der Waals surface area contributed by atoms with Crippen molar-refractivity contribution in [2.24, 2.45) is 10.8 Å². The molecule has 1 rings (SSSR count). The Morgan fingerprint density at radius 2 is 2.04 bits per heavy atom. The molecule has 0 fully saturated rings. The lowest BCUT2D eigenvalue weighted by Crippen LogP contribution is -2.04. The van der Waals surface area contributed by atoms with Gasteiger partial charge in [-0.25, -0.2) is 0 Å². The van der Waals surface area contributed by atoms with Crippen LogP contribution >= 0.6 is 8.03 Å². The quantitative estimate of drug-likeness (QED) is 0.235. The number of aliphatic carboxylic acids is 1. The third-order valence-corrected chi connectivity index (χ3v) is 4.35. The lowest BCUT2D eigenvalue weighted by molar-refractivity contribution is -0.136. The van der Waals surface area contributed by atoms with Gasteiger partial charge in [0.2, 0.25) is 0 Å². The lowest BCUT2D eigenvalue weighted by Gasteiger charge is -2.12. The number of nitrogens with two attached hydrogens (primary N) is 1. The molecule has 0 aromatic heterocycles. The van der Waals surface area contributed by atoms with Gasteiger partial charge in [-0.05, 0) is 35.5 Å². The van der Waals surface area contributed by atoms with Crippen LogP contribution in [0, 0.1) is 0 Å². The van der Waals surface area contributed by atoms with Gasteiger partial charge in [0.15, 0.2) is 11.9 Å². The van der Waals surface area contributed by atoms with Gasteiger partial charge in [0, 0.05) is 10.5 Å². The number of carboxylic acids is 1. The van der Waals surface area contributed by atoms with E-state index in [0.717, 1.165) is 0 Å². The molecule has 26 heavy (non-hydrogen) atoms. The van der Waals surface area contributed by atoms with E-state index in [1.54, 1.807) is 24.3 Å². The van der Waals surface area contributed by atoms with Crippen LogP contribution in [0.25, 0.3) is 10.4 Å². The Hall–Kier alpha value is -2.14. The summed E-state index contributed by atoms with van der Waals surface area (Å²) >= 11 is 0. The highest BCUT2D eigenvalue weighted by atomic mass is 31.1. The molecule has 8 nitrogen and oxygen atoms in total. The fourth-order valence-corrected chi connectivity index (χ4v) is 2.68. The zero-order valence-electron chi connectivity index (χ0n) is 15.4. The van der Waals surface area contributed by atoms with Gasteiger partial charge in [-0.1, -0.05) is 50.0 Å². The summed E-state index contributed by atoms with van der Waals surface area (Å²) in [6.45, 7) is 4.83. The third kappa shape index (κ3) is 10.7. The van der Waals surface area contributed by atoms with E-state index in [2.05, 4.69) is 23.9 Å². The molecule has 0 aliphatic carbocycles. The molecule has 3 N–H and O–H groups in total. The maximum atomic E-state index is 11.8. The van der Waals surface area contributed by atoms with Crippen molar-refractivity contribution < 1.29 is 19.0 Å². The van der Waals surface area contributed by atoms with E-state index in [1.165, 1.54) is 12.8 Å². The Morgan fingerprint density at radius 3 is 2.58 bits per heavy atom. The van der Waals surface area contributed by atoms with E-state index in [4.69, 9.17) is 20.9 Å². The molecular formula is C17H28N4O4P+. The Kier molecular flexibility index (Phi) is 13.9. The van der Waals surface area contributed by atoms with Crippen LogP contribution in [-0.2, 0) is 9.36 Å². The van der Waals surface area contributed by atoms with Gasteiger partial charge in [0.1, 0.15) is 0 Å². The van der Waals surface area contributed by atoms with Crippen molar-refractivity contribution in [2.75, 3.05) is 12.7 Å². The monoisotopic (exact) mass is 383 g/mol. The van der Waals surface area contributed by atoms with Crippen molar-refractivity contribution in [3.05, 3.63) is 40.3 Å². The van der Waals surface area contributed by atoms with E-state index in [0.29, 0.717) is 30.7 Å². The molecule has 1 aromatic carbocycles. The lowest BCUT2D eigenvalue weighted by atomic mass is 10.0. The van der Waals surface area contributed by atoms with Crippen molar-refractivity contribution >= 4 is 14.0 Å². The molecule has 0 saturated heterocycles.